The molecular formula is C15H14FNO3S. The fraction of sp³-hybridized carbons (Fsp3) is 0.133. The van der Waals surface area contributed by atoms with Crippen molar-refractivity contribution < 1.29 is 18.1 Å². The third kappa shape index (κ3) is 4.39. The Bertz CT molecular complexity index is 675. The van der Waals surface area contributed by atoms with E-state index >= 15 is 0 Å². The van der Waals surface area contributed by atoms with Crippen LogP contribution in [0.3, 0.4) is 0 Å². The summed E-state index contributed by atoms with van der Waals surface area (Å²) in [4.78, 5) is 12.1. The summed E-state index contributed by atoms with van der Waals surface area (Å²) in [7, 11) is -0.0601. The predicted octanol–water partition coefficient (Wildman–Crippen LogP) is 2.58. The number of amides is 1. The minimum atomic E-state index is -1.59. The molecule has 0 bridgehead atoms. The monoisotopic (exact) mass is 307 g/mol. The number of nitrogens with one attached hydrogen (secondary N) is 1. The van der Waals surface area contributed by atoms with Crippen molar-refractivity contribution in [2.45, 2.75) is 4.90 Å². The van der Waals surface area contributed by atoms with Crippen LogP contribution in [-0.2, 0) is 15.6 Å². The Hall–Kier alpha value is -2.21. The fourth-order valence-electron chi connectivity index (χ4n) is 1.71. The molecule has 2 aromatic carbocycles. The molecule has 0 aliphatic rings. The standard InChI is InChI=1S/C15H14FNO3S/c1-20-13-6-3-5-12(9-13)17-15(18)10-21(19)14-7-2-4-11(16)8-14/h2-9H,10H2,1H3,(H,17,18). The van der Waals surface area contributed by atoms with Gasteiger partial charge in [0.25, 0.3) is 0 Å². The van der Waals surface area contributed by atoms with Crippen LogP contribution in [0.5, 0.6) is 5.75 Å². The van der Waals surface area contributed by atoms with Gasteiger partial charge in [-0.15, -0.1) is 0 Å². The van der Waals surface area contributed by atoms with Crippen LogP contribution in [0.15, 0.2) is 53.4 Å². The molecule has 1 unspecified atom stereocenters. The van der Waals surface area contributed by atoms with Gasteiger partial charge in [0.1, 0.15) is 17.3 Å². The average molecular weight is 307 g/mol. The zero-order chi connectivity index (χ0) is 15.2. The summed E-state index contributed by atoms with van der Waals surface area (Å²) < 4.78 is 30.1. The zero-order valence-corrected chi connectivity index (χ0v) is 12.2. The van der Waals surface area contributed by atoms with Crippen LogP contribution in [0.25, 0.3) is 0 Å². The summed E-state index contributed by atoms with van der Waals surface area (Å²) in [6.45, 7) is 0. The second-order valence-electron chi connectivity index (χ2n) is 4.23. The lowest BCUT2D eigenvalue weighted by Crippen LogP contribution is -2.19. The van der Waals surface area contributed by atoms with Crippen molar-refractivity contribution in [3.63, 3.8) is 0 Å². The maximum absolute atomic E-state index is 13.0. The summed E-state index contributed by atoms with van der Waals surface area (Å²) in [6, 6.07) is 12.2. The van der Waals surface area contributed by atoms with Crippen LogP contribution in [0.2, 0.25) is 0 Å². The fourth-order valence-corrected chi connectivity index (χ4v) is 2.66. The van der Waals surface area contributed by atoms with Crippen LogP contribution in [0.1, 0.15) is 0 Å². The molecule has 0 radical (unpaired) electrons. The smallest absolute Gasteiger partial charge is 0.237 e. The van der Waals surface area contributed by atoms with Crippen molar-refractivity contribution in [1.29, 1.82) is 0 Å². The van der Waals surface area contributed by atoms with E-state index in [0.29, 0.717) is 11.4 Å². The number of halogens is 1. The Balaban J connectivity index is 1.99. The molecule has 0 heterocycles. The van der Waals surface area contributed by atoms with Crippen LogP contribution in [0.4, 0.5) is 10.1 Å². The number of carbonyl (C=O) groups excluding carboxylic acids is 1. The van der Waals surface area contributed by atoms with E-state index in [0.717, 1.165) is 6.07 Å². The van der Waals surface area contributed by atoms with Crippen LogP contribution < -0.4 is 10.1 Å². The molecule has 21 heavy (non-hydrogen) atoms. The number of anilines is 1. The van der Waals surface area contributed by atoms with Gasteiger partial charge in [0.05, 0.1) is 17.9 Å². The molecule has 0 spiro atoms. The van der Waals surface area contributed by atoms with E-state index in [1.807, 2.05) is 0 Å². The lowest BCUT2D eigenvalue weighted by atomic mass is 10.3. The molecule has 0 aliphatic carbocycles. The maximum Gasteiger partial charge on any atom is 0.237 e. The van der Waals surface area contributed by atoms with Crippen LogP contribution >= 0.6 is 0 Å². The van der Waals surface area contributed by atoms with Gasteiger partial charge in [-0.25, -0.2) is 4.39 Å². The molecule has 2 aromatic rings. The van der Waals surface area contributed by atoms with E-state index in [4.69, 9.17) is 4.74 Å². The highest BCUT2D eigenvalue weighted by atomic mass is 32.2. The van der Waals surface area contributed by atoms with Crippen molar-refractivity contribution >= 4 is 22.4 Å². The quantitative estimate of drug-likeness (QED) is 0.923. The molecule has 4 nitrogen and oxygen atoms in total. The Morgan fingerprint density at radius 2 is 2.00 bits per heavy atom. The minimum absolute atomic E-state index is 0.235. The van der Waals surface area contributed by atoms with Gasteiger partial charge in [-0.2, -0.15) is 0 Å². The van der Waals surface area contributed by atoms with Gasteiger partial charge in [0.15, 0.2) is 0 Å². The number of methoxy groups -OCH3 is 1. The van der Waals surface area contributed by atoms with E-state index in [-0.39, 0.29) is 10.6 Å². The maximum atomic E-state index is 13.0. The zero-order valence-electron chi connectivity index (χ0n) is 11.3. The molecule has 1 amide bonds. The van der Waals surface area contributed by atoms with E-state index < -0.39 is 22.5 Å². The van der Waals surface area contributed by atoms with Gasteiger partial charge in [0, 0.05) is 16.6 Å². The van der Waals surface area contributed by atoms with Crippen molar-refractivity contribution in [3.05, 3.63) is 54.3 Å². The molecule has 6 heteroatoms. The third-order valence-electron chi connectivity index (χ3n) is 2.67. The summed E-state index contributed by atoms with van der Waals surface area (Å²) in [6.07, 6.45) is 0. The lowest BCUT2D eigenvalue weighted by Gasteiger charge is -2.07. The first-order valence-corrected chi connectivity index (χ1v) is 7.48. The normalized spacial score (nSPS) is 11.7. The molecule has 0 saturated heterocycles. The second-order valence-corrected chi connectivity index (χ2v) is 5.68. The molecule has 110 valence electrons. The summed E-state index contributed by atoms with van der Waals surface area (Å²) >= 11 is 0. The van der Waals surface area contributed by atoms with Crippen molar-refractivity contribution in [1.82, 2.24) is 0 Å². The van der Waals surface area contributed by atoms with Crippen molar-refractivity contribution in [2.75, 3.05) is 18.2 Å². The topological polar surface area (TPSA) is 55.4 Å². The highest BCUT2D eigenvalue weighted by Crippen LogP contribution is 2.17. The molecule has 0 aliphatic heterocycles. The number of hydrogen-bond donors (Lipinski definition) is 1. The van der Waals surface area contributed by atoms with E-state index in [1.54, 1.807) is 24.3 Å². The summed E-state index contributed by atoms with van der Waals surface area (Å²) in [5, 5.41) is 2.63. The van der Waals surface area contributed by atoms with Gasteiger partial charge in [-0.3, -0.25) is 9.00 Å². The summed E-state index contributed by atoms with van der Waals surface area (Å²) in [5.41, 5.74) is 0.551. The molecule has 1 atom stereocenters. The van der Waals surface area contributed by atoms with E-state index in [9.17, 15) is 13.4 Å². The third-order valence-corrected chi connectivity index (χ3v) is 3.98. The Morgan fingerprint density at radius 1 is 1.24 bits per heavy atom. The van der Waals surface area contributed by atoms with Crippen LogP contribution in [0, 0.1) is 5.82 Å². The molecule has 1 N–H and O–H groups in total. The number of carbonyl (C=O) groups is 1. The van der Waals surface area contributed by atoms with Gasteiger partial charge >= 0.3 is 0 Å². The largest absolute Gasteiger partial charge is 0.497 e. The predicted molar refractivity (Wildman–Crippen MR) is 79.3 cm³/mol. The van der Waals surface area contributed by atoms with Gasteiger partial charge in [0.2, 0.25) is 5.91 Å². The number of ether oxygens (including phenoxy) is 1. The van der Waals surface area contributed by atoms with E-state index in [1.165, 1.54) is 25.3 Å². The van der Waals surface area contributed by atoms with Crippen molar-refractivity contribution in [2.24, 2.45) is 0 Å². The molecule has 0 aromatic heterocycles. The first-order valence-electron chi connectivity index (χ1n) is 6.16. The average Bonchev–Trinajstić information content (AvgIpc) is 2.47. The molecular weight excluding hydrogens is 293 g/mol. The number of hydrogen-bond acceptors (Lipinski definition) is 3. The lowest BCUT2D eigenvalue weighted by molar-refractivity contribution is -0.113. The van der Waals surface area contributed by atoms with Crippen molar-refractivity contribution in [3.8, 4) is 5.75 Å². The first kappa shape index (κ1) is 15.2. The van der Waals surface area contributed by atoms with Gasteiger partial charge in [-0.1, -0.05) is 12.1 Å². The molecule has 0 saturated carbocycles. The molecule has 2 rings (SSSR count). The van der Waals surface area contributed by atoms with E-state index in [2.05, 4.69) is 5.32 Å². The Morgan fingerprint density at radius 3 is 2.71 bits per heavy atom. The van der Waals surface area contributed by atoms with Gasteiger partial charge in [-0.05, 0) is 30.3 Å². The highest BCUT2D eigenvalue weighted by molar-refractivity contribution is 7.85. The number of rotatable bonds is 5. The minimum Gasteiger partial charge on any atom is -0.497 e. The second kappa shape index (κ2) is 6.99. The van der Waals surface area contributed by atoms with Gasteiger partial charge < -0.3 is 10.1 Å². The number of benzene rings is 2. The van der Waals surface area contributed by atoms with Crippen LogP contribution in [-0.4, -0.2) is 23.0 Å². The first-order chi connectivity index (χ1) is 10.1. The molecule has 0 fully saturated rings. The SMILES string of the molecule is COc1cccc(NC(=O)CS(=O)c2cccc(F)c2)c1. The highest BCUT2D eigenvalue weighted by Gasteiger charge is 2.11. The Kier molecular flexibility index (Phi) is 5.05. The Labute approximate surface area is 124 Å². The summed E-state index contributed by atoms with van der Waals surface area (Å²) in [5.74, 6) is -0.514.